The van der Waals surface area contributed by atoms with Crippen molar-refractivity contribution in [3.63, 3.8) is 0 Å². The number of hydrogen-bond acceptors (Lipinski definition) is 2. The van der Waals surface area contributed by atoms with Gasteiger partial charge in [0.15, 0.2) is 0 Å². The Morgan fingerprint density at radius 1 is 0.575 bits per heavy atom. The van der Waals surface area contributed by atoms with Crippen LogP contribution in [0.3, 0.4) is 0 Å². The molecule has 190 valence electrons. The minimum Gasteiger partial charge on any atom is -0.256 e. The monoisotopic (exact) mass is 529 g/mol. The molecule has 1 heterocycles. The van der Waals surface area contributed by atoms with E-state index in [0.29, 0.717) is 0 Å². The first kappa shape index (κ1) is 23.5. The second-order valence-corrected chi connectivity index (χ2v) is 12.2. The van der Waals surface area contributed by atoms with Crippen LogP contribution < -0.4 is 0 Å². The molecule has 1 aliphatic rings. The van der Waals surface area contributed by atoms with Crippen LogP contribution in [-0.2, 0) is 5.41 Å². The van der Waals surface area contributed by atoms with Crippen LogP contribution in [0.15, 0.2) is 137 Å². The number of fused-ring (bicyclic) bond motifs is 7. The fraction of sp³-hybridized carbons (Fsp3) is 0.0789. The molecule has 8 rings (SSSR count). The van der Waals surface area contributed by atoms with Gasteiger partial charge in [0.2, 0.25) is 0 Å². The van der Waals surface area contributed by atoms with Crippen LogP contribution in [0.5, 0.6) is 0 Å². The lowest BCUT2D eigenvalue weighted by Gasteiger charge is -2.22. The summed E-state index contributed by atoms with van der Waals surface area (Å²) < 4.78 is 0. The Labute approximate surface area is 238 Å². The van der Waals surface area contributed by atoms with Crippen molar-refractivity contribution in [3.8, 4) is 22.3 Å². The lowest BCUT2D eigenvalue weighted by Crippen LogP contribution is -2.14. The van der Waals surface area contributed by atoms with Gasteiger partial charge in [-0.2, -0.15) is 0 Å². The van der Waals surface area contributed by atoms with Crippen LogP contribution in [0, 0.1) is 0 Å². The van der Waals surface area contributed by atoms with Gasteiger partial charge in [-0.1, -0.05) is 129 Å². The van der Waals surface area contributed by atoms with Crippen LogP contribution in [0.1, 0.15) is 25.0 Å². The molecule has 0 saturated carbocycles. The Kier molecular flexibility index (Phi) is 5.17. The van der Waals surface area contributed by atoms with Crippen molar-refractivity contribution in [2.45, 2.75) is 29.1 Å². The number of nitrogens with zero attached hydrogens (tertiary/aromatic N) is 1. The first-order valence-electron chi connectivity index (χ1n) is 13.8. The molecule has 0 aliphatic heterocycles. The topological polar surface area (TPSA) is 12.9 Å². The van der Waals surface area contributed by atoms with Gasteiger partial charge in [-0.25, -0.2) is 0 Å². The summed E-state index contributed by atoms with van der Waals surface area (Å²) in [5.41, 5.74) is 8.99. The number of hydrogen-bond donors (Lipinski definition) is 0. The number of rotatable bonds is 3. The molecule has 6 aromatic carbocycles. The zero-order chi connectivity index (χ0) is 26.8. The van der Waals surface area contributed by atoms with Crippen molar-refractivity contribution in [2.75, 3.05) is 0 Å². The average molecular weight is 530 g/mol. The molecule has 2 heteroatoms. The summed E-state index contributed by atoms with van der Waals surface area (Å²) in [5.74, 6) is 0. The highest BCUT2D eigenvalue weighted by atomic mass is 32.2. The Hall–Kier alpha value is -4.40. The molecule has 0 radical (unpaired) electrons. The maximum absolute atomic E-state index is 4.93. The highest BCUT2D eigenvalue weighted by Crippen LogP contribution is 2.51. The highest BCUT2D eigenvalue weighted by Gasteiger charge is 2.35. The maximum atomic E-state index is 4.93. The van der Waals surface area contributed by atoms with Crippen LogP contribution in [0.25, 0.3) is 54.7 Å². The quantitative estimate of drug-likeness (QED) is 0.167. The lowest BCUT2D eigenvalue weighted by atomic mass is 9.82. The Bertz CT molecular complexity index is 2110. The van der Waals surface area contributed by atoms with Crippen LogP contribution in [0.4, 0.5) is 0 Å². The van der Waals surface area contributed by atoms with E-state index in [9.17, 15) is 0 Å². The van der Waals surface area contributed by atoms with E-state index in [1.54, 1.807) is 0 Å². The number of para-hydroxylation sites is 1. The minimum absolute atomic E-state index is 0.0274. The summed E-state index contributed by atoms with van der Waals surface area (Å²) in [6, 6.07) is 44.1. The zero-order valence-electron chi connectivity index (χ0n) is 22.5. The van der Waals surface area contributed by atoms with Gasteiger partial charge in [-0.05, 0) is 62.4 Å². The third-order valence-electron chi connectivity index (χ3n) is 8.55. The molecule has 1 aromatic heterocycles. The molecule has 0 fully saturated rings. The van der Waals surface area contributed by atoms with Crippen LogP contribution >= 0.6 is 11.8 Å². The van der Waals surface area contributed by atoms with Gasteiger partial charge in [0.25, 0.3) is 0 Å². The Morgan fingerprint density at radius 3 is 2.10 bits per heavy atom. The van der Waals surface area contributed by atoms with Crippen molar-refractivity contribution in [3.05, 3.63) is 139 Å². The SMILES string of the molecule is CC1(C)c2ccccc2-c2ccc(Sc3c4ccccc4c(-c4ccccc4)c4cnc5ccccc5c34)cc21. The van der Waals surface area contributed by atoms with E-state index in [4.69, 9.17) is 4.98 Å². The molecule has 0 unspecified atom stereocenters. The number of aromatic nitrogens is 1. The summed E-state index contributed by atoms with van der Waals surface area (Å²) in [7, 11) is 0. The van der Waals surface area contributed by atoms with E-state index < -0.39 is 0 Å². The predicted octanol–water partition coefficient (Wildman–Crippen LogP) is 10.7. The van der Waals surface area contributed by atoms with Crippen molar-refractivity contribution >= 4 is 44.2 Å². The van der Waals surface area contributed by atoms with Gasteiger partial charge in [0.1, 0.15) is 0 Å². The van der Waals surface area contributed by atoms with Gasteiger partial charge in [-0.3, -0.25) is 4.98 Å². The van der Waals surface area contributed by atoms with Crippen LogP contribution in [0.2, 0.25) is 0 Å². The molecule has 7 aromatic rings. The second-order valence-electron chi connectivity index (χ2n) is 11.2. The minimum atomic E-state index is -0.0274. The first-order chi connectivity index (χ1) is 19.6. The largest absolute Gasteiger partial charge is 0.256 e. The molecular weight excluding hydrogens is 502 g/mol. The molecule has 0 atom stereocenters. The standard InChI is InChI=1S/C38H27NS/c1-38(2)32-18-10-8-14-26(32)27-21-20-25(22-33(27)38)40-37-29-16-7-6-15-28(29)35(24-12-4-3-5-13-24)31-23-39-34-19-11-9-17-30(34)36(31)37/h3-23H,1-2H3. The van der Waals surface area contributed by atoms with E-state index in [-0.39, 0.29) is 5.41 Å². The summed E-state index contributed by atoms with van der Waals surface area (Å²) in [6.45, 7) is 4.70. The number of benzene rings is 6. The van der Waals surface area contributed by atoms with E-state index >= 15 is 0 Å². The highest BCUT2D eigenvalue weighted by molar-refractivity contribution is 7.99. The fourth-order valence-corrected chi connectivity index (χ4v) is 7.80. The van der Waals surface area contributed by atoms with Gasteiger partial charge in [-0.15, -0.1) is 0 Å². The van der Waals surface area contributed by atoms with Crippen LogP contribution in [-0.4, -0.2) is 4.98 Å². The maximum Gasteiger partial charge on any atom is 0.0708 e. The normalized spacial score (nSPS) is 13.6. The smallest absolute Gasteiger partial charge is 0.0708 e. The third kappa shape index (κ3) is 3.39. The number of pyridine rings is 1. The first-order valence-corrected chi connectivity index (χ1v) is 14.6. The van der Waals surface area contributed by atoms with E-state index in [0.717, 1.165) is 5.52 Å². The molecule has 0 bridgehead atoms. The average Bonchev–Trinajstić information content (AvgIpc) is 3.23. The molecule has 40 heavy (non-hydrogen) atoms. The predicted molar refractivity (Wildman–Crippen MR) is 170 cm³/mol. The lowest BCUT2D eigenvalue weighted by molar-refractivity contribution is 0.658. The summed E-state index contributed by atoms with van der Waals surface area (Å²) in [6.07, 6.45) is 2.08. The van der Waals surface area contributed by atoms with Gasteiger partial charge < -0.3 is 0 Å². The fourth-order valence-electron chi connectivity index (χ4n) is 6.64. The summed E-state index contributed by atoms with van der Waals surface area (Å²) >= 11 is 1.88. The molecule has 0 saturated heterocycles. The van der Waals surface area contributed by atoms with Gasteiger partial charge in [0.05, 0.1) is 5.52 Å². The van der Waals surface area contributed by atoms with E-state index in [1.165, 1.54) is 70.1 Å². The van der Waals surface area contributed by atoms with Crippen molar-refractivity contribution in [2.24, 2.45) is 0 Å². The van der Waals surface area contributed by atoms with Crippen molar-refractivity contribution in [1.29, 1.82) is 0 Å². The Balaban J connectivity index is 1.42. The summed E-state index contributed by atoms with van der Waals surface area (Å²) in [5, 5.41) is 6.20. The second kappa shape index (κ2) is 8.81. The molecule has 0 spiro atoms. The molecule has 0 amide bonds. The molecule has 1 aliphatic carbocycles. The van der Waals surface area contributed by atoms with E-state index in [1.807, 2.05) is 11.8 Å². The molecular formula is C38H27NS. The van der Waals surface area contributed by atoms with Gasteiger partial charge >= 0.3 is 0 Å². The third-order valence-corrected chi connectivity index (χ3v) is 9.67. The van der Waals surface area contributed by atoms with Crippen molar-refractivity contribution < 1.29 is 0 Å². The molecule has 1 nitrogen and oxygen atoms in total. The molecule has 0 N–H and O–H groups in total. The van der Waals surface area contributed by atoms with Crippen molar-refractivity contribution in [1.82, 2.24) is 4.98 Å². The Morgan fingerprint density at radius 2 is 1.25 bits per heavy atom. The van der Waals surface area contributed by atoms with Gasteiger partial charge in [0, 0.05) is 37.6 Å². The zero-order valence-corrected chi connectivity index (χ0v) is 23.3. The van der Waals surface area contributed by atoms with E-state index in [2.05, 4.69) is 141 Å². The summed E-state index contributed by atoms with van der Waals surface area (Å²) in [4.78, 5) is 7.48.